The number of carbonyl (C=O) groups excluding carboxylic acids is 2. The fourth-order valence-corrected chi connectivity index (χ4v) is 3.36. The van der Waals surface area contributed by atoms with Gasteiger partial charge in [0.05, 0.1) is 19.2 Å². The molecule has 8 nitrogen and oxygen atoms in total. The number of aliphatic hydroxyl groups is 1. The van der Waals surface area contributed by atoms with Crippen molar-refractivity contribution in [3.8, 4) is 17.7 Å². The smallest absolute Gasteiger partial charge is 0.259 e. The number of rotatable bonds is 4. The second kappa shape index (κ2) is 10.2. The number of ether oxygens (including phenoxy) is 1. The Balaban J connectivity index is 2.00. The van der Waals surface area contributed by atoms with Crippen molar-refractivity contribution in [1.29, 1.82) is 0 Å². The maximum absolute atomic E-state index is 13.4. The molecule has 0 aliphatic carbocycles. The van der Waals surface area contributed by atoms with Gasteiger partial charge in [-0.25, -0.2) is 9.97 Å². The standard InChI is InChI=1S/C24H28N4O4/c1-16-13-28(17(2)15-29)24(31)21-11-19(8-9-20-7-5-6-10-25-20)12-26-23(21)32-22(16)14-27(4)18(3)30/h5-7,10-12,16-17,22,29H,13-15H2,1-4H3/t16-,17-,22+/m0/s1. The van der Waals surface area contributed by atoms with Crippen LogP contribution in [0.4, 0.5) is 0 Å². The van der Waals surface area contributed by atoms with Gasteiger partial charge in [-0.15, -0.1) is 0 Å². The summed E-state index contributed by atoms with van der Waals surface area (Å²) < 4.78 is 6.14. The number of pyridine rings is 2. The predicted molar refractivity (Wildman–Crippen MR) is 119 cm³/mol. The molecule has 0 saturated carbocycles. The summed E-state index contributed by atoms with van der Waals surface area (Å²) >= 11 is 0. The van der Waals surface area contributed by atoms with Crippen molar-refractivity contribution in [3.63, 3.8) is 0 Å². The van der Waals surface area contributed by atoms with Crippen molar-refractivity contribution in [2.45, 2.75) is 32.9 Å². The molecular formula is C24H28N4O4. The average Bonchev–Trinajstić information content (AvgIpc) is 2.80. The lowest BCUT2D eigenvalue weighted by Crippen LogP contribution is -2.50. The lowest BCUT2D eigenvalue weighted by atomic mass is 10.00. The van der Waals surface area contributed by atoms with Crippen LogP contribution < -0.4 is 4.74 Å². The number of hydrogen-bond donors (Lipinski definition) is 1. The van der Waals surface area contributed by atoms with Gasteiger partial charge >= 0.3 is 0 Å². The van der Waals surface area contributed by atoms with Crippen LogP contribution in [0, 0.1) is 17.8 Å². The molecule has 168 valence electrons. The van der Waals surface area contributed by atoms with Crippen LogP contribution >= 0.6 is 0 Å². The van der Waals surface area contributed by atoms with E-state index in [1.807, 2.05) is 19.1 Å². The molecule has 1 aliphatic rings. The highest BCUT2D eigenvalue weighted by molar-refractivity contribution is 5.97. The summed E-state index contributed by atoms with van der Waals surface area (Å²) in [7, 11) is 1.71. The Morgan fingerprint density at radius 1 is 1.38 bits per heavy atom. The molecule has 0 aromatic carbocycles. The molecule has 2 amide bonds. The van der Waals surface area contributed by atoms with Crippen molar-refractivity contribution in [3.05, 3.63) is 53.5 Å². The summed E-state index contributed by atoms with van der Waals surface area (Å²) in [5.41, 5.74) is 1.44. The largest absolute Gasteiger partial charge is 0.472 e. The van der Waals surface area contributed by atoms with Crippen LogP contribution in [0.15, 0.2) is 36.7 Å². The van der Waals surface area contributed by atoms with Crippen LogP contribution in [-0.4, -0.2) is 75.6 Å². The van der Waals surface area contributed by atoms with Crippen LogP contribution in [0.2, 0.25) is 0 Å². The van der Waals surface area contributed by atoms with E-state index < -0.39 is 0 Å². The van der Waals surface area contributed by atoms with Gasteiger partial charge in [0.1, 0.15) is 17.4 Å². The third kappa shape index (κ3) is 5.42. The molecule has 0 fully saturated rings. The molecule has 0 unspecified atom stereocenters. The average molecular weight is 437 g/mol. The van der Waals surface area contributed by atoms with Gasteiger partial charge in [0.25, 0.3) is 5.91 Å². The molecule has 0 spiro atoms. The molecule has 3 atom stereocenters. The minimum atomic E-state index is -0.384. The zero-order valence-electron chi connectivity index (χ0n) is 18.8. The van der Waals surface area contributed by atoms with Crippen LogP contribution in [-0.2, 0) is 4.79 Å². The van der Waals surface area contributed by atoms with Crippen molar-refractivity contribution >= 4 is 11.8 Å². The fraction of sp³-hybridized carbons (Fsp3) is 0.417. The molecule has 3 rings (SSSR count). The summed E-state index contributed by atoms with van der Waals surface area (Å²) in [5, 5.41) is 9.73. The summed E-state index contributed by atoms with van der Waals surface area (Å²) in [6.07, 6.45) is 2.84. The van der Waals surface area contributed by atoms with Crippen LogP contribution in [0.5, 0.6) is 5.88 Å². The second-order valence-electron chi connectivity index (χ2n) is 8.06. The zero-order valence-corrected chi connectivity index (χ0v) is 18.8. The lowest BCUT2D eigenvalue weighted by molar-refractivity contribution is -0.129. The SMILES string of the molecule is CC(=O)N(C)C[C@H]1Oc2ncc(C#Cc3ccccn3)cc2C(=O)N([C@@H](C)CO)C[C@@H]1C. The second-order valence-corrected chi connectivity index (χ2v) is 8.06. The first-order chi connectivity index (χ1) is 15.3. The van der Waals surface area contributed by atoms with Gasteiger partial charge in [0.2, 0.25) is 11.8 Å². The summed E-state index contributed by atoms with van der Waals surface area (Å²) in [5.74, 6) is 5.70. The van der Waals surface area contributed by atoms with E-state index in [2.05, 4.69) is 21.8 Å². The molecule has 1 N–H and O–H groups in total. The van der Waals surface area contributed by atoms with Crippen molar-refractivity contribution < 1.29 is 19.4 Å². The zero-order chi connectivity index (χ0) is 23.3. The molecule has 3 heterocycles. The summed E-state index contributed by atoms with van der Waals surface area (Å²) in [6, 6.07) is 6.72. The first kappa shape index (κ1) is 23.2. The van der Waals surface area contributed by atoms with E-state index in [4.69, 9.17) is 4.74 Å². The Bertz CT molecular complexity index is 1030. The molecule has 2 aromatic heterocycles. The van der Waals surface area contributed by atoms with Crippen LogP contribution in [0.1, 0.15) is 42.4 Å². The van der Waals surface area contributed by atoms with E-state index in [0.29, 0.717) is 24.3 Å². The number of hydrogen-bond acceptors (Lipinski definition) is 6. The molecule has 2 aromatic rings. The maximum Gasteiger partial charge on any atom is 0.259 e. The quantitative estimate of drug-likeness (QED) is 0.731. The van der Waals surface area contributed by atoms with Crippen molar-refractivity contribution in [2.24, 2.45) is 5.92 Å². The van der Waals surface area contributed by atoms with E-state index >= 15 is 0 Å². The number of fused-ring (bicyclic) bond motifs is 1. The van der Waals surface area contributed by atoms with E-state index in [9.17, 15) is 14.7 Å². The summed E-state index contributed by atoms with van der Waals surface area (Å²) in [6.45, 7) is 5.81. The topological polar surface area (TPSA) is 95.9 Å². The number of aromatic nitrogens is 2. The van der Waals surface area contributed by atoms with Crippen LogP contribution in [0.25, 0.3) is 0 Å². The van der Waals surface area contributed by atoms with Gasteiger partial charge in [-0.3, -0.25) is 9.59 Å². The number of carbonyl (C=O) groups is 2. The van der Waals surface area contributed by atoms with Gasteiger partial charge in [-0.2, -0.15) is 0 Å². The highest BCUT2D eigenvalue weighted by Crippen LogP contribution is 2.27. The maximum atomic E-state index is 13.4. The third-order valence-corrected chi connectivity index (χ3v) is 5.51. The first-order valence-electron chi connectivity index (χ1n) is 10.5. The Morgan fingerprint density at radius 3 is 2.81 bits per heavy atom. The molecule has 0 radical (unpaired) electrons. The monoisotopic (exact) mass is 436 g/mol. The van der Waals surface area contributed by atoms with Gasteiger partial charge in [-0.1, -0.05) is 18.9 Å². The Morgan fingerprint density at radius 2 is 2.16 bits per heavy atom. The highest BCUT2D eigenvalue weighted by Gasteiger charge is 2.34. The predicted octanol–water partition coefficient (Wildman–Crippen LogP) is 1.57. The summed E-state index contributed by atoms with van der Waals surface area (Å²) in [4.78, 5) is 36.9. The minimum Gasteiger partial charge on any atom is -0.472 e. The number of likely N-dealkylation sites (N-methyl/N-ethyl adjacent to an activating group) is 1. The number of nitrogens with zero attached hydrogens (tertiary/aromatic N) is 4. The van der Waals surface area contributed by atoms with E-state index in [-0.39, 0.29) is 47.9 Å². The van der Waals surface area contributed by atoms with Crippen molar-refractivity contribution in [2.75, 3.05) is 26.7 Å². The molecular weight excluding hydrogens is 408 g/mol. The Kier molecular flexibility index (Phi) is 7.44. The molecule has 1 aliphatic heterocycles. The molecule has 32 heavy (non-hydrogen) atoms. The van der Waals surface area contributed by atoms with Gasteiger partial charge in [-0.05, 0) is 31.0 Å². The van der Waals surface area contributed by atoms with E-state index in [1.165, 1.54) is 6.92 Å². The van der Waals surface area contributed by atoms with E-state index in [1.54, 1.807) is 48.3 Å². The Hall–Kier alpha value is -3.44. The van der Waals surface area contributed by atoms with Crippen LogP contribution in [0.3, 0.4) is 0 Å². The molecule has 0 saturated heterocycles. The van der Waals surface area contributed by atoms with E-state index in [0.717, 1.165) is 0 Å². The first-order valence-corrected chi connectivity index (χ1v) is 10.5. The van der Waals surface area contributed by atoms with Gasteiger partial charge < -0.3 is 19.6 Å². The van der Waals surface area contributed by atoms with Gasteiger partial charge in [0.15, 0.2) is 0 Å². The molecule has 0 bridgehead atoms. The highest BCUT2D eigenvalue weighted by atomic mass is 16.5. The number of amides is 2. The lowest BCUT2D eigenvalue weighted by Gasteiger charge is -2.37. The number of aliphatic hydroxyl groups excluding tert-OH is 1. The fourth-order valence-electron chi connectivity index (χ4n) is 3.36. The van der Waals surface area contributed by atoms with Gasteiger partial charge in [0, 0.05) is 44.4 Å². The Labute approximate surface area is 188 Å². The van der Waals surface area contributed by atoms with Crippen molar-refractivity contribution in [1.82, 2.24) is 19.8 Å². The molecule has 8 heteroatoms. The minimum absolute atomic E-state index is 0.0761. The third-order valence-electron chi connectivity index (χ3n) is 5.51. The normalized spacial score (nSPS) is 18.9.